The number of halogens is 1. The Labute approximate surface area is 144 Å². The third-order valence-electron chi connectivity index (χ3n) is 4.07. The highest BCUT2D eigenvalue weighted by Crippen LogP contribution is 2.34. The molecule has 1 unspecified atom stereocenters. The van der Waals surface area contributed by atoms with E-state index in [4.69, 9.17) is 5.73 Å². The van der Waals surface area contributed by atoms with Gasteiger partial charge in [-0.2, -0.15) is 5.10 Å². The van der Waals surface area contributed by atoms with Crippen molar-refractivity contribution >= 4 is 17.3 Å². The first-order valence-corrected chi connectivity index (χ1v) is 7.85. The minimum Gasteiger partial charge on any atom is -0.329 e. The van der Waals surface area contributed by atoms with Crippen molar-refractivity contribution in [1.82, 2.24) is 15.5 Å². The molecule has 6 nitrogen and oxygen atoms in total. The first-order valence-electron chi connectivity index (χ1n) is 7.85. The molecular weight excluding hydrogens is 319 g/mol. The lowest BCUT2D eigenvalue weighted by Crippen LogP contribution is -2.57. The van der Waals surface area contributed by atoms with Crippen molar-refractivity contribution in [2.45, 2.75) is 12.6 Å². The van der Waals surface area contributed by atoms with Crippen molar-refractivity contribution in [3.8, 4) is 0 Å². The average Bonchev–Trinajstić information content (AvgIpc) is 3.02. The van der Waals surface area contributed by atoms with Crippen molar-refractivity contribution in [1.29, 1.82) is 0 Å². The molecule has 1 aliphatic heterocycles. The molecule has 1 aromatic heterocycles. The van der Waals surface area contributed by atoms with Gasteiger partial charge in [0, 0.05) is 16.9 Å². The van der Waals surface area contributed by atoms with Crippen molar-refractivity contribution in [3.63, 3.8) is 0 Å². The predicted octanol–water partition coefficient (Wildman–Crippen LogP) is 2.72. The van der Waals surface area contributed by atoms with Gasteiger partial charge >= 0.3 is 0 Å². The van der Waals surface area contributed by atoms with E-state index in [-0.39, 0.29) is 5.82 Å². The van der Waals surface area contributed by atoms with E-state index in [0.29, 0.717) is 17.3 Å². The van der Waals surface area contributed by atoms with E-state index in [2.05, 4.69) is 25.8 Å². The fourth-order valence-corrected chi connectivity index (χ4v) is 2.89. The fraction of sp³-hybridized carbons (Fsp3) is 0.111. The number of hydrogen-bond acceptors (Lipinski definition) is 5. The summed E-state index contributed by atoms with van der Waals surface area (Å²) in [4.78, 5) is 4.55. The highest BCUT2D eigenvalue weighted by atomic mass is 19.1. The number of aromatic nitrogens is 2. The van der Waals surface area contributed by atoms with Gasteiger partial charge in [-0.05, 0) is 37.3 Å². The number of guanidine groups is 1. The Balaban J connectivity index is 1.77. The SMILES string of the molecule is Cc1cc(C2(N)NC(Nc3cccc(F)c3)=Nc3ccccc32)n[nH]1. The molecule has 5 N–H and O–H groups in total. The molecule has 4 rings (SSSR count). The Morgan fingerprint density at radius 3 is 2.72 bits per heavy atom. The summed E-state index contributed by atoms with van der Waals surface area (Å²) in [6.45, 7) is 1.91. The van der Waals surface area contributed by atoms with Gasteiger partial charge < -0.3 is 10.6 Å². The van der Waals surface area contributed by atoms with Gasteiger partial charge in [-0.1, -0.05) is 24.3 Å². The molecule has 0 fully saturated rings. The molecule has 1 aliphatic rings. The van der Waals surface area contributed by atoms with Crippen molar-refractivity contribution in [3.05, 3.63) is 77.4 Å². The highest BCUT2D eigenvalue weighted by Gasteiger charge is 2.38. The van der Waals surface area contributed by atoms with Crippen LogP contribution >= 0.6 is 0 Å². The molecule has 0 amide bonds. The van der Waals surface area contributed by atoms with Crippen LogP contribution in [0.2, 0.25) is 0 Å². The maximum Gasteiger partial charge on any atom is 0.203 e. The first-order chi connectivity index (χ1) is 12.0. The van der Waals surface area contributed by atoms with E-state index < -0.39 is 5.66 Å². The van der Waals surface area contributed by atoms with Crippen LogP contribution in [0, 0.1) is 12.7 Å². The first kappa shape index (κ1) is 15.3. The van der Waals surface area contributed by atoms with E-state index in [9.17, 15) is 4.39 Å². The van der Waals surface area contributed by atoms with Crippen LogP contribution in [0.3, 0.4) is 0 Å². The summed E-state index contributed by atoms with van der Waals surface area (Å²) in [5.41, 5.74) is 9.29. The van der Waals surface area contributed by atoms with Crippen molar-refractivity contribution in [2.24, 2.45) is 10.7 Å². The number of nitrogens with one attached hydrogen (secondary N) is 3. The number of para-hydroxylation sites is 1. The lowest BCUT2D eigenvalue weighted by molar-refractivity contribution is 0.476. The van der Waals surface area contributed by atoms with Crippen LogP contribution in [0.4, 0.5) is 15.8 Å². The quantitative estimate of drug-likeness (QED) is 0.579. The van der Waals surface area contributed by atoms with E-state index in [1.807, 2.05) is 37.3 Å². The number of rotatable bonds is 2. The summed E-state index contributed by atoms with van der Waals surface area (Å²) in [6.07, 6.45) is 0. The van der Waals surface area contributed by atoms with Crippen LogP contribution in [0.15, 0.2) is 59.6 Å². The highest BCUT2D eigenvalue weighted by molar-refractivity contribution is 5.97. The topological polar surface area (TPSA) is 91.1 Å². The van der Waals surface area contributed by atoms with Crippen LogP contribution in [0.5, 0.6) is 0 Å². The van der Waals surface area contributed by atoms with Gasteiger partial charge in [0.05, 0.1) is 5.69 Å². The lowest BCUT2D eigenvalue weighted by Gasteiger charge is -2.35. The summed E-state index contributed by atoms with van der Waals surface area (Å²) in [7, 11) is 0. The number of aliphatic imine (C=N–C) groups is 1. The Bertz CT molecular complexity index is 963. The Kier molecular flexibility index (Phi) is 3.51. The molecule has 0 saturated heterocycles. The van der Waals surface area contributed by atoms with Crippen LogP contribution in [-0.4, -0.2) is 16.2 Å². The fourth-order valence-electron chi connectivity index (χ4n) is 2.89. The number of anilines is 1. The van der Waals surface area contributed by atoms with E-state index in [0.717, 1.165) is 16.9 Å². The summed E-state index contributed by atoms with van der Waals surface area (Å²) in [6, 6.07) is 15.6. The summed E-state index contributed by atoms with van der Waals surface area (Å²) >= 11 is 0. The monoisotopic (exact) mass is 336 g/mol. The van der Waals surface area contributed by atoms with Gasteiger partial charge in [-0.3, -0.25) is 10.8 Å². The zero-order valence-corrected chi connectivity index (χ0v) is 13.5. The van der Waals surface area contributed by atoms with Crippen LogP contribution in [0.25, 0.3) is 0 Å². The number of nitrogens with two attached hydrogens (primary N) is 1. The van der Waals surface area contributed by atoms with Gasteiger partial charge in [0.15, 0.2) is 5.66 Å². The maximum absolute atomic E-state index is 13.4. The number of H-pyrrole nitrogens is 1. The van der Waals surface area contributed by atoms with Crippen molar-refractivity contribution < 1.29 is 4.39 Å². The minimum absolute atomic E-state index is 0.330. The molecule has 0 bridgehead atoms. The second-order valence-corrected chi connectivity index (χ2v) is 5.98. The smallest absolute Gasteiger partial charge is 0.203 e. The molecule has 0 radical (unpaired) electrons. The van der Waals surface area contributed by atoms with Gasteiger partial charge in [-0.25, -0.2) is 9.38 Å². The zero-order valence-electron chi connectivity index (χ0n) is 13.5. The largest absolute Gasteiger partial charge is 0.329 e. The molecule has 2 heterocycles. The minimum atomic E-state index is -1.06. The molecule has 7 heteroatoms. The Hall–Kier alpha value is -3.19. The molecule has 25 heavy (non-hydrogen) atoms. The second kappa shape index (κ2) is 5.71. The van der Waals surface area contributed by atoms with Gasteiger partial charge in [0.25, 0.3) is 0 Å². The molecule has 126 valence electrons. The van der Waals surface area contributed by atoms with Crippen LogP contribution < -0.4 is 16.4 Å². The van der Waals surface area contributed by atoms with Crippen LogP contribution in [-0.2, 0) is 5.66 Å². The molecule has 0 spiro atoms. The Morgan fingerprint density at radius 1 is 1.12 bits per heavy atom. The van der Waals surface area contributed by atoms with Gasteiger partial charge in [-0.15, -0.1) is 0 Å². The lowest BCUT2D eigenvalue weighted by atomic mass is 9.93. The molecule has 1 atom stereocenters. The van der Waals surface area contributed by atoms with Gasteiger partial charge in [0.1, 0.15) is 11.5 Å². The number of hydrogen-bond donors (Lipinski definition) is 4. The molecule has 0 saturated carbocycles. The predicted molar refractivity (Wildman–Crippen MR) is 95.0 cm³/mol. The number of fused-ring (bicyclic) bond motifs is 1. The molecule has 3 aromatic rings. The molecular formula is C18H17FN6. The maximum atomic E-state index is 13.4. The number of nitrogens with zero attached hydrogens (tertiary/aromatic N) is 2. The number of aryl methyl sites for hydroxylation is 1. The normalized spacial score (nSPS) is 18.9. The van der Waals surface area contributed by atoms with E-state index >= 15 is 0 Å². The zero-order chi connectivity index (χ0) is 17.4. The molecule has 0 aliphatic carbocycles. The van der Waals surface area contributed by atoms with Gasteiger partial charge in [0.2, 0.25) is 5.96 Å². The third-order valence-corrected chi connectivity index (χ3v) is 4.07. The number of aromatic amines is 1. The van der Waals surface area contributed by atoms with E-state index in [1.165, 1.54) is 12.1 Å². The summed E-state index contributed by atoms with van der Waals surface area (Å²) in [5, 5.41) is 13.5. The Morgan fingerprint density at radius 2 is 1.96 bits per heavy atom. The number of benzene rings is 2. The van der Waals surface area contributed by atoms with Crippen LogP contribution in [0.1, 0.15) is 17.0 Å². The average molecular weight is 336 g/mol. The second-order valence-electron chi connectivity index (χ2n) is 5.98. The van der Waals surface area contributed by atoms with Crippen molar-refractivity contribution in [2.75, 3.05) is 5.32 Å². The summed E-state index contributed by atoms with van der Waals surface area (Å²) in [5.74, 6) is 0.0937. The molecule has 2 aromatic carbocycles. The summed E-state index contributed by atoms with van der Waals surface area (Å²) < 4.78 is 13.4. The standard InChI is InChI=1S/C18H17FN6/c1-11-9-16(25-24-11)18(20)14-7-2-3-8-15(14)22-17(23-18)21-13-6-4-5-12(19)10-13/h2-10H,20H2,1H3,(H,24,25)(H2,21,22,23). The van der Waals surface area contributed by atoms with E-state index in [1.54, 1.807) is 12.1 Å². The third kappa shape index (κ3) is 2.74.